The molecule has 2 unspecified atom stereocenters. The van der Waals surface area contributed by atoms with Crippen molar-refractivity contribution in [1.29, 1.82) is 0 Å². The summed E-state index contributed by atoms with van der Waals surface area (Å²) in [6.07, 6.45) is 9.87. The molecule has 0 bridgehead atoms. The Hall–Kier alpha value is -5.83. The molecule has 2 aromatic carbocycles. The molecule has 2 atom stereocenters. The lowest BCUT2D eigenvalue weighted by Crippen LogP contribution is -2.27. The second-order valence-corrected chi connectivity index (χ2v) is 12.5. The average molecular weight is 730 g/mol. The van der Waals surface area contributed by atoms with Crippen molar-refractivity contribution in [3.8, 4) is 11.4 Å². The number of benzene rings is 2. The minimum absolute atomic E-state index is 0.315. The van der Waals surface area contributed by atoms with E-state index in [0.29, 0.717) is 60.8 Å². The summed E-state index contributed by atoms with van der Waals surface area (Å²) in [6, 6.07) is 14.2. The van der Waals surface area contributed by atoms with E-state index in [4.69, 9.17) is 28.9 Å². The number of fused-ring (bicyclic) bond motifs is 3. The highest BCUT2D eigenvalue weighted by Gasteiger charge is 2.20. The standard InChI is InChI=1S/C20H15ClFN7O.C15H13ClFN3O/c1-11(27-19-16-18(24-9-23-16)25-10-26-19)15-8-28-6-5-14(21)17(28)20(30)29(15)13-4-2-3-12(22)7-13;1-9(18)13-8-19-6-5-12(16)14(19)15(21)20(13)11-4-2-3-10(17)7-11/h2-11H,1H3,(H2,23,24,25,26,27);2-9H,18H2,1H3. The first-order valence-corrected chi connectivity index (χ1v) is 16.3. The van der Waals surface area contributed by atoms with Gasteiger partial charge in [-0.25, -0.2) is 23.7 Å². The van der Waals surface area contributed by atoms with Crippen LogP contribution in [0.3, 0.4) is 0 Å². The average Bonchev–Trinajstić information content (AvgIpc) is 3.84. The third-order valence-electron chi connectivity index (χ3n) is 8.22. The summed E-state index contributed by atoms with van der Waals surface area (Å²) in [5.41, 5.74) is 9.09. The fourth-order valence-corrected chi connectivity index (χ4v) is 6.34. The first kappa shape index (κ1) is 33.7. The van der Waals surface area contributed by atoms with Crippen LogP contribution in [0, 0.1) is 11.6 Å². The van der Waals surface area contributed by atoms with E-state index in [2.05, 4.69) is 25.3 Å². The molecule has 16 heteroatoms. The third kappa shape index (κ3) is 6.24. The van der Waals surface area contributed by atoms with Gasteiger partial charge in [-0.1, -0.05) is 35.3 Å². The number of H-pyrrole nitrogens is 1. The van der Waals surface area contributed by atoms with E-state index in [9.17, 15) is 18.4 Å². The second kappa shape index (κ2) is 13.5. The van der Waals surface area contributed by atoms with Crippen molar-refractivity contribution in [2.45, 2.75) is 25.9 Å². The number of rotatable bonds is 6. The molecule has 0 fully saturated rings. The van der Waals surface area contributed by atoms with Crippen LogP contribution in [-0.4, -0.2) is 37.9 Å². The predicted molar refractivity (Wildman–Crippen MR) is 192 cm³/mol. The maximum absolute atomic E-state index is 13.9. The van der Waals surface area contributed by atoms with Crippen LogP contribution in [0.5, 0.6) is 0 Å². The molecule has 0 radical (unpaired) electrons. The van der Waals surface area contributed by atoms with Crippen LogP contribution in [0.1, 0.15) is 37.3 Å². The van der Waals surface area contributed by atoms with Gasteiger partial charge in [-0.05, 0) is 62.4 Å². The van der Waals surface area contributed by atoms with Gasteiger partial charge in [-0.15, -0.1) is 0 Å². The molecule has 4 N–H and O–H groups in total. The topological polar surface area (TPSA) is 145 Å². The maximum Gasteiger partial charge on any atom is 0.281 e. The molecule has 0 aliphatic rings. The lowest BCUT2D eigenvalue weighted by atomic mass is 10.2. The van der Waals surface area contributed by atoms with E-state index < -0.39 is 17.7 Å². The molecule has 0 saturated carbocycles. The monoisotopic (exact) mass is 728 g/mol. The molecule has 6 heterocycles. The highest BCUT2D eigenvalue weighted by Crippen LogP contribution is 2.26. The predicted octanol–water partition coefficient (Wildman–Crippen LogP) is 6.62. The van der Waals surface area contributed by atoms with Crippen molar-refractivity contribution < 1.29 is 8.78 Å². The maximum atomic E-state index is 13.9. The normalized spacial score (nSPS) is 12.6. The number of nitrogens with zero attached hydrogens (tertiary/aromatic N) is 7. The van der Waals surface area contributed by atoms with E-state index in [1.165, 1.54) is 46.1 Å². The van der Waals surface area contributed by atoms with Gasteiger partial charge in [0, 0.05) is 30.8 Å². The van der Waals surface area contributed by atoms with Gasteiger partial charge in [0.05, 0.1) is 45.2 Å². The molecule has 0 aliphatic carbocycles. The van der Waals surface area contributed by atoms with Gasteiger partial charge < -0.3 is 24.8 Å². The van der Waals surface area contributed by atoms with Gasteiger partial charge in [-0.2, -0.15) is 0 Å². The largest absolute Gasteiger partial charge is 0.360 e. The minimum Gasteiger partial charge on any atom is -0.360 e. The van der Waals surface area contributed by atoms with E-state index in [0.717, 1.165) is 0 Å². The van der Waals surface area contributed by atoms with Gasteiger partial charge in [0.1, 0.15) is 34.5 Å². The molecular formula is C35H28Cl2F2N10O2. The smallest absolute Gasteiger partial charge is 0.281 e. The molecule has 0 saturated heterocycles. The van der Waals surface area contributed by atoms with E-state index in [1.807, 2.05) is 6.92 Å². The molecule has 51 heavy (non-hydrogen) atoms. The Morgan fingerprint density at radius 3 is 1.88 bits per heavy atom. The van der Waals surface area contributed by atoms with Gasteiger partial charge >= 0.3 is 0 Å². The van der Waals surface area contributed by atoms with Crippen LogP contribution in [0.25, 0.3) is 33.6 Å². The molecule has 258 valence electrons. The van der Waals surface area contributed by atoms with Crippen LogP contribution in [0.15, 0.2) is 108 Å². The quantitative estimate of drug-likeness (QED) is 0.174. The number of imidazole rings is 1. The lowest BCUT2D eigenvalue weighted by molar-refractivity contribution is 0.624. The van der Waals surface area contributed by atoms with Gasteiger partial charge in [0.2, 0.25) is 0 Å². The van der Waals surface area contributed by atoms with Crippen molar-refractivity contribution in [2.24, 2.45) is 5.73 Å². The molecule has 6 aromatic heterocycles. The molecule has 8 aromatic rings. The van der Waals surface area contributed by atoms with Crippen molar-refractivity contribution in [1.82, 2.24) is 37.9 Å². The fourth-order valence-electron chi connectivity index (χ4n) is 5.88. The Labute approximate surface area is 297 Å². The first-order valence-electron chi connectivity index (χ1n) is 15.5. The summed E-state index contributed by atoms with van der Waals surface area (Å²) in [6.45, 7) is 3.65. The van der Waals surface area contributed by atoms with E-state index >= 15 is 0 Å². The number of nitrogens with one attached hydrogen (secondary N) is 2. The zero-order valence-electron chi connectivity index (χ0n) is 26.9. The summed E-state index contributed by atoms with van der Waals surface area (Å²) >= 11 is 12.3. The Kier molecular flexibility index (Phi) is 8.89. The summed E-state index contributed by atoms with van der Waals surface area (Å²) < 4.78 is 33.6. The van der Waals surface area contributed by atoms with Gasteiger partial charge in [-0.3, -0.25) is 18.7 Å². The number of aromatic amines is 1. The lowest BCUT2D eigenvalue weighted by Gasteiger charge is -2.21. The first-order chi connectivity index (χ1) is 24.5. The SMILES string of the molecule is CC(N)c1cn2ccc(Cl)c2c(=O)n1-c1cccc(F)c1.CC(Nc1ncnc2nc[nH]c12)c1cn2ccc(Cl)c2c(=O)n1-c1cccc(F)c1. The number of hydrogen-bond acceptors (Lipinski definition) is 7. The Morgan fingerprint density at radius 2 is 1.33 bits per heavy atom. The zero-order valence-corrected chi connectivity index (χ0v) is 28.4. The molecule has 8 rings (SSSR count). The molecule has 0 spiro atoms. The summed E-state index contributed by atoms with van der Waals surface area (Å²) in [4.78, 5) is 41.6. The number of anilines is 1. The molecule has 12 nitrogen and oxygen atoms in total. The van der Waals surface area contributed by atoms with Crippen molar-refractivity contribution in [3.05, 3.63) is 152 Å². The van der Waals surface area contributed by atoms with Crippen molar-refractivity contribution in [3.63, 3.8) is 0 Å². The number of hydrogen-bond donors (Lipinski definition) is 3. The van der Waals surface area contributed by atoms with Gasteiger partial charge in [0.15, 0.2) is 11.5 Å². The summed E-state index contributed by atoms with van der Waals surface area (Å²) in [5, 5.41) is 3.96. The zero-order chi connectivity index (χ0) is 36.0. The molecule has 0 aliphatic heterocycles. The number of halogens is 4. The van der Waals surface area contributed by atoms with Crippen LogP contribution in [0.4, 0.5) is 14.6 Å². The van der Waals surface area contributed by atoms with Crippen LogP contribution in [-0.2, 0) is 0 Å². The highest BCUT2D eigenvalue weighted by atomic mass is 35.5. The van der Waals surface area contributed by atoms with Crippen LogP contribution >= 0.6 is 23.2 Å². The van der Waals surface area contributed by atoms with Crippen LogP contribution < -0.4 is 22.2 Å². The Bertz CT molecular complexity index is 2700. The van der Waals surface area contributed by atoms with Crippen molar-refractivity contribution in [2.75, 3.05) is 5.32 Å². The third-order valence-corrected chi connectivity index (χ3v) is 8.83. The fraction of sp³-hybridized carbons (Fsp3) is 0.114. The Morgan fingerprint density at radius 1 is 0.784 bits per heavy atom. The Balaban J connectivity index is 0.000000170. The van der Waals surface area contributed by atoms with Crippen molar-refractivity contribution >= 4 is 51.2 Å². The van der Waals surface area contributed by atoms with E-state index in [-0.39, 0.29) is 17.2 Å². The number of nitrogens with two attached hydrogens (primary N) is 1. The highest BCUT2D eigenvalue weighted by molar-refractivity contribution is 6.34. The molecular weight excluding hydrogens is 701 g/mol. The molecule has 0 amide bonds. The second-order valence-electron chi connectivity index (χ2n) is 11.7. The summed E-state index contributed by atoms with van der Waals surface area (Å²) in [5.74, 6) is -0.326. The van der Waals surface area contributed by atoms with E-state index in [1.54, 1.807) is 76.9 Å². The van der Waals surface area contributed by atoms with Gasteiger partial charge in [0.25, 0.3) is 11.1 Å². The van der Waals surface area contributed by atoms with Crippen LogP contribution in [0.2, 0.25) is 10.0 Å². The minimum atomic E-state index is -0.442. The number of aromatic nitrogens is 8. The summed E-state index contributed by atoms with van der Waals surface area (Å²) in [7, 11) is 0.